The third kappa shape index (κ3) is 4.88. The molecule has 0 aliphatic heterocycles. The number of anilines is 1. The molecular formula is C10H6N2Na2O8S2. The van der Waals surface area contributed by atoms with Gasteiger partial charge in [-0.3, -0.25) is 10.1 Å². The molecule has 14 heteroatoms. The maximum Gasteiger partial charge on any atom is 1.00 e. The Morgan fingerprint density at radius 1 is 0.833 bits per heavy atom. The Labute approximate surface area is 180 Å². The smallest absolute Gasteiger partial charge is 0.744 e. The summed E-state index contributed by atoms with van der Waals surface area (Å²) in [6.45, 7) is 0. The average molecular weight is 392 g/mol. The topological polar surface area (TPSA) is 184 Å². The van der Waals surface area contributed by atoms with Gasteiger partial charge in [-0.1, -0.05) is 0 Å². The van der Waals surface area contributed by atoms with Crippen LogP contribution < -0.4 is 64.8 Å². The van der Waals surface area contributed by atoms with E-state index < -0.39 is 51.4 Å². The number of nitrogens with two attached hydrogens (primary N) is 1. The van der Waals surface area contributed by atoms with Crippen LogP contribution in [-0.4, -0.2) is 30.9 Å². The van der Waals surface area contributed by atoms with Crippen LogP contribution in [0.4, 0.5) is 11.4 Å². The quantitative estimate of drug-likeness (QED) is 0.175. The summed E-state index contributed by atoms with van der Waals surface area (Å²) in [6.07, 6.45) is 0. The molecule has 0 saturated carbocycles. The number of nitro groups is 1. The SMILES string of the molecule is Nc1cc(S(=O)(=O)[O-])c2cc([N+](=O)[O-])cc(S(=O)(=O)[O-])c2c1.[Na+].[Na+]. The first-order valence-electron chi connectivity index (χ1n) is 5.35. The predicted molar refractivity (Wildman–Crippen MR) is 70.9 cm³/mol. The Bertz CT molecular complexity index is 1020. The zero-order valence-electron chi connectivity index (χ0n) is 12.4. The van der Waals surface area contributed by atoms with Gasteiger partial charge in [0, 0.05) is 28.6 Å². The van der Waals surface area contributed by atoms with Crippen LogP contribution in [0.25, 0.3) is 10.8 Å². The molecule has 118 valence electrons. The van der Waals surface area contributed by atoms with E-state index >= 15 is 0 Å². The first-order chi connectivity index (χ1) is 9.91. The van der Waals surface area contributed by atoms with Gasteiger partial charge in [0.25, 0.3) is 5.69 Å². The normalized spacial score (nSPS) is 11.4. The number of benzene rings is 2. The summed E-state index contributed by atoms with van der Waals surface area (Å²) in [5.41, 5.74) is 4.26. The monoisotopic (exact) mass is 392 g/mol. The van der Waals surface area contributed by atoms with Gasteiger partial charge in [-0.15, -0.1) is 0 Å². The van der Waals surface area contributed by atoms with Gasteiger partial charge in [0.15, 0.2) is 0 Å². The third-order valence-electron chi connectivity index (χ3n) is 2.75. The Morgan fingerprint density at radius 2 is 1.25 bits per heavy atom. The van der Waals surface area contributed by atoms with Gasteiger partial charge in [0.1, 0.15) is 20.2 Å². The number of nitro benzene ring substituents is 1. The maximum atomic E-state index is 11.2. The molecule has 2 N–H and O–H groups in total. The van der Waals surface area contributed by atoms with E-state index in [9.17, 15) is 36.1 Å². The molecule has 0 atom stereocenters. The maximum absolute atomic E-state index is 11.2. The molecule has 10 nitrogen and oxygen atoms in total. The van der Waals surface area contributed by atoms with Crippen molar-refractivity contribution in [3.63, 3.8) is 0 Å². The Morgan fingerprint density at radius 3 is 1.67 bits per heavy atom. The second-order valence-corrected chi connectivity index (χ2v) is 6.92. The predicted octanol–water partition coefficient (Wildman–Crippen LogP) is -5.85. The van der Waals surface area contributed by atoms with Gasteiger partial charge in [-0.25, -0.2) is 16.8 Å². The number of hydrogen-bond donors (Lipinski definition) is 1. The minimum atomic E-state index is -5.17. The van der Waals surface area contributed by atoms with Crippen LogP contribution in [-0.2, 0) is 20.2 Å². The Kier molecular flexibility index (Phi) is 7.86. The first-order valence-corrected chi connectivity index (χ1v) is 8.16. The van der Waals surface area contributed by atoms with E-state index in [1.165, 1.54) is 0 Å². The summed E-state index contributed by atoms with van der Waals surface area (Å²) in [7, 11) is -10.3. The van der Waals surface area contributed by atoms with Crippen molar-refractivity contribution in [2.45, 2.75) is 9.79 Å². The molecule has 0 aromatic heterocycles. The molecule has 0 aliphatic carbocycles. The third-order valence-corrected chi connectivity index (χ3v) is 4.50. The van der Waals surface area contributed by atoms with Crippen molar-refractivity contribution in [2.24, 2.45) is 0 Å². The van der Waals surface area contributed by atoms with E-state index in [1.54, 1.807) is 0 Å². The van der Waals surface area contributed by atoms with Crippen molar-refractivity contribution >= 4 is 42.4 Å². The first kappa shape index (κ1) is 23.7. The molecular weight excluding hydrogens is 386 g/mol. The molecule has 2 aromatic rings. The van der Waals surface area contributed by atoms with Crippen molar-refractivity contribution < 1.29 is 90.0 Å². The van der Waals surface area contributed by atoms with Crippen LogP contribution in [0.5, 0.6) is 0 Å². The molecule has 2 rings (SSSR count). The molecule has 0 saturated heterocycles. The fourth-order valence-electron chi connectivity index (χ4n) is 1.92. The van der Waals surface area contributed by atoms with Crippen molar-refractivity contribution in [3.8, 4) is 0 Å². The van der Waals surface area contributed by atoms with Gasteiger partial charge < -0.3 is 14.8 Å². The fourth-order valence-corrected chi connectivity index (χ4v) is 3.34. The molecule has 0 heterocycles. The van der Waals surface area contributed by atoms with Crippen molar-refractivity contribution in [1.82, 2.24) is 0 Å². The Balaban J connectivity index is 0.00000264. The van der Waals surface area contributed by atoms with Crippen LogP contribution in [0.2, 0.25) is 0 Å². The molecule has 0 spiro atoms. The van der Waals surface area contributed by atoms with E-state index in [1.807, 2.05) is 0 Å². The van der Waals surface area contributed by atoms with Gasteiger partial charge >= 0.3 is 59.1 Å². The van der Waals surface area contributed by atoms with Crippen LogP contribution >= 0.6 is 0 Å². The summed E-state index contributed by atoms with van der Waals surface area (Å²) in [4.78, 5) is 7.80. The van der Waals surface area contributed by atoms with Crippen LogP contribution in [0, 0.1) is 10.1 Å². The molecule has 0 amide bonds. The minimum absolute atomic E-state index is 0. The van der Waals surface area contributed by atoms with E-state index in [-0.39, 0.29) is 64.8 Å². The summed E-state index contributed by atoms with van der Waals surface area (Å²) >= 11 is 0. The van der Waals surface area contributed by atoms with Crippen molar-refractivity contribution in [3.05, 3.63) is 34.4 Å². The molecule has 0 aliphatic rings. The van der Waals surface area contributed by atoms with Gasteiger partial charge in [-0.05, 0) is 12.1 Å². The second kappa shape index (κ2) is 7.95. The van der Waals surface area contributed by atoms with Gasteiger partial charge in [0.2, 0.25) is 0 Å². The molecule has 0 bridgehead atoms. The minimum Gasteiger partial charge on any atom is -0.744 e. The van der Waals surface area contributed by atoms with E-state index in [0.29, 0.717) is 12.1 Å². The second-order valence-electron chi connectivity index (χ2n) is 4.22. The van der Waals surface area contributed by atoms with Crippen molar-refractivity contribution in [1.29, 1.82) is 0 Å². The zero-order valence-corrected chi connectivity index (χ0v) is 18.0. The summed E-state index contributed by atoms with van der Waals surface area (Å²) < 4.78 is 67.4. The zero-order chi connectivity index (χ0) is 16.9. The Hall–Kier alpha value is -0.280. The van der Waals surface area contributed by atoms with Crippen molar-refractivity contribution in [2.75, 3.05) is 5.73 Å². The molecule has 0 radical (unpaired) electrons. The molecule has 0 fully saturated rings. The number of hydrogen-bond acceptors (Lipinski definition) is 9. The average Bonchev–Trinajstić information content (AvgIpc) is 2.33. The molecule has 0 unspecified atom stereocenters. The van der Waals surface area contributed by atoms with Crippen LogP contribution in [0.15, 0.2) is 34.1 Å². The summed E-state index contributed by atoms with van der Waals surface area (Å²) in [6, 6.07) is 2.84. The molecule has 24 heavy (non-hydrogen) atoms. The number of rotatable bonds is 3. The van der Waals surface area contributed by atoms with Gasteiger partial charge in [0.05, 0.1) is 14.7 Å². The number of non-ortho nitro benzene ring substituents is 1. The van der Waals surface area contributed by atoms with Crippen LogP contribution in [0.1, 0.15) is 0 Å². The van der Waals surface area contributed by atoms with E-state index in [2.05, 4.69) is 0 Å². The van der Waals surface area contributed by atoms with E-state index in [0.717, 1.165) is 12.1 Å². The largest absolute Gasteiger partial charge is 1.00 e. The summed E-state index contributed by atoms with van der Waals surface area (Å²) in [5, 5.41) is 9.77. The van der Waals surface area contributed by atoms with E-state index in [4.69, 9.17) is 5.73 Å². The number of nitrogens with zero attached hydrogens (tertiary/aromatic N) is 1. The summed E-state index contributed by atoms with van der Waals surface area (Å²) in [5.74, 6) is 0. The number of nitrogen functional groups attached to an aromatic ring is 1. The fraction of sp³-hybridized carbons (Fsp3) is 0. The molecule has 2 aromatic carbocycles. The number of fused-ring (bicyclic) bond motifs is 1. The van der Waals surface area contributed by atoms with Crippen LogP contribution in [0.3, 0.4) is 0 Å². The standard InChI is InChI=1S/C10H8N2O8S2.2Na/c11-5-1-7-8(9(2-5)21(15,16)17)3-6(12(13)14)4-10(7)22(18,19)20;;/h1-4H,11H2,(H,15,16,17)(H,18,19,20);;/q;2*+1/p-2. The van der Waals surface area contributed by atoms with Gasteiger partial charge in [-0.2, -0.15) is 0 Å².